The summed E-state index contributed by atoms with van der Waals surface area (Å²) in [5.41, 5.74) is 9.21. The molecule has 0 fully saturated rings. The van der Waals surface area contributed by atoms with Crippen molar-refractivity contribution in [2.45, 2.75) is 39.2 Å². The van der Waals surface area contributed by atoms with E-state index in [-0.39, 0.29) is 17.9 Å². The highest BCUT2D eigenvalue weighted by Gasteiger charge is 2.26. The van der Waals surface area contributed by atoms with Crippen LogP contribution in [-0.2, 0) is 0 Å². The first-order valence-corrected chi connectivity index (χ1v) is 17.1. The van der Waals surface area contributed by atoms with Gasteiger partial charge in [0.05, 0.1) is 6.04 Å². The fourth-order valence-electron chi connectivity index (χ4n) is 7.46. The van der Waals surface area contributed by atoms with Gasteiger partial charge in [0.25, 0.3) is 0 Å². The molecule has 2 nitrogen and oxygen atoms in total. The number of hydrogen-bond acceptors (Lipinski definition) is 2. The van der Waals surface area contributed by atoms with E-state index in [9.17, 15) is 0 Å². The molecule has 48 heavy (non-hydrogen) atoms. The van der Waals surface area contributed by atoms with Gasteiger partial charge in [-0.1, -0.05) is 160 Å². The minimum absolute atomic E-state index is 0.0745. The van der Waals surface area contributed by atoms with Crippen molar-refractivity contribution >= 4 is 49.2 Å². The summed E-state index contributed by atoms with van der Waals surface area (Å²) in [6.45, 7) is 6.93. The molecule has 8 aromatic rings. The van der Waals surface area contributed by atoms with E-state index in [1.165, 1.54) is 54.7 Å². The third kappa shape index (κ3) is 5.28. The highest BCUT2D eigenvalue weighted by Crippen LogP contribution is 2.41. The van der Waals surface area contributed by atoms with Gasteiger partial charge >= 0.3 is 0 Å². The standard InChI is InChI=1S/C46H39NO/c1-4-42(35-16-6-5-7-17-35)47-45(36-26-24-34(25-27-36)39-22-12-18-32-14-8-10-19-38(32)39)31(3)30(2)37-21-13-23-43-44(37)41-29-28-33-15-9-11-20-40(33)46(41)48-43/h5-31,42H,4H2,1-3H3. The lowest BCUT2D eigenvalue weighted by atomic mass is 9.81. The number of fused-ring (bicyclic) bond motifs is 6. The van der Waals surface area contributed by atoms with Gasteiger partial charge in [-0.05, 0) is 68.4 Å². The van der Waals surface area contributed by atoms with Gasteiger partial charge in [-0.25, -0.2) is 0 Å². The van der Waals surface area contributed by atoms with E-state index in [1.807, 2.05) is 0 Å². The number of nitrogens with zero attached hydrogens (tertiary/aromatic N) is 1. The van der Waals surface area contributed by atoms with Crippen molar-refractivity contribution in [1.82, 2.24) is 0 Å². The third-order valence-electron chi connectivity index (χ3n) is 10.2. The van der Waals surface area contributed by atoms with Gasteiger partial charge in [-0.2, -0.15) is 0 Å². The molecule has 1 heterocycles. The van der Waals surface area contributed by atoms with Gasteiger partial charge in [-0.3, -0.25) is 4.99 Å². The van der Waals surface area contributed by atoms with Crippen LogP contribution in [0, 0.1) is 5.92 Å². The molecular formula is C46H39NO. The summed E-state index contributed by atoms with van der Waals surface area (Å²) in [5, 5.41) is 7.25. The second kappa shape index (κ2) is 12.6. The first-order chi connectivity index (χ1) is 23.6. The second-order valence-corrected chi connectivity index (χ2v) is 13.0. The van der Waals surface area contributed by atoms with Gasteiger partial charge in [0, 0.05) is 27.8 Å². The Morgan fingerprint density at radius 2 is 1.27 bits per heavy atom. The number of rotatable bonds is 8. The first kappa shape index (κ1) is 29.9. The number of aliphatic imine (C=N–C) groups is 1. The quantitative estimate of drug-likeness (QED) is 0.155. The molecule has 1 aromatic heterocycles. The minimum atomic E-state index is 0.0745. The number of benzene rings is 7. The zero-order valence-corrected chi connectivity index (χ0v) is 27.7. The van der Waals surface area contributed by atoms with Gasteiger partial charge in [0.1, 0.15) is 11.2 Å². The molecule has 0 spiro atoms. The molecule has 2 heteroatoms. The Balaban J connectivity index is 1.24. The SMILES string of the molecule is CCC(N=C(c1ccc(-c2cccc3ccccc23)cc1)C(C)C(C)c1cccc2oc3c4ccccc4ccc3c12)c1ccccc1. The Hall–Kier alpha value is -5.47. The van der Waals surface area contributed by atoms with E-state index < -0.39 is 0 Å². The number of furan rings is 1. The predicted molar refractivity (Wildman–Crippen MR) is 204 cm³/mol. The van der Waals surface area contributed by atoms with Crippen LogP contribution in [0.3, 0.4) is 0 Å². The Labute approximate surface area is 282 Å². The molecule has 0 saturated heterocycles. The molecular weight excluding hydrogens is 583 g/mol. The topological polar surface area (TPSA) is 25.5 Å². The largest absolute Gasteiger partial charge is 0.455 e. The molecule has 7 aromatic carbocycles. The van der Waals surface area contributed by atoms with Crippen LogP contribution in [0.1, 0.15) is 55.8 Å². The van der Waals surface area contributed by atoms with Crippen molar-refractivity contribution in [3.8, 4) is 11.1 Å². The van der Waals surface area contributed by atoms with E-state index in [0.29, 0.717) is 0 Å². The minimum Gasteiger partial charge on any atom is -0.455 e. The molecule has 0 saturated carbocycles. The van der Waals surface area contributed by atoms with Crippen molar-refractivity contribution in [2.24, 2.45) is 10.9 Å². The van der Waals surface area contributed by atoms with Gasteiger partial charge in [-0.15, -0.1) is 0 Å². The monoisotopic (exact) mass is 621 g/mol. The van der Waals surface area contributed by atoms with Crippen molar-refractivity contribution < 1.29 is 4.42 Å². The molecule has 234 valence electrons. The lowest BCUT2D eigenvalue weighted by molar-refractivity contribution is 0.611. The highest BCUT2D eigenvalue weighted by atomic mass is 16.3. The third-order valence-corrected chi connectivity index (χ3v) is 10.2. The molecule has 3 unspecified atom stereocenters. The molecule has 0 aliphatic heterocycles. The van der Waals surface area contributed by atoms with Gasteiger partial charge in [0.15, 0.2) is 0 Å². The molecule has 0 bridgehead atoms. The molecule has 0 amide bonds. The van der Waals surface area contributed by atoms with Crippen LogP contribution in [0.15, 0.2) is 161 Å². The molecule has 3 atom stereocenters. The van der Waals surface area contributed by atoms with Gasteiger partial charge < -0.3 is 4.42 Å². The summed E-state index contributed by atoms with van der Waals surface area (Å²) in [5.74, 6) is 0.327. The summed E-state index contributed by atoms with van der Waals surface area (Å²) in [4.78, 5) is 5.60. The lowest BCUT2D eigenvalue weighted by Crippen LogP contribution is -2.20. The Kier molecular flexibility index (Phi) is 7.86. The van der Waals surface area contributed by atoms with E-state index in [0.717, 1.165) is 28.7 Å². The average Bonchev–Trinajstić information content (AvgIpc) is 3.55. The zero-order chi connectivity index (χ0) is 32.6. The molecule has 0 N–H and O–H groups in total. The van der Waals surface area contributed by atoms with Crippen molar-refractivity contribution in [3.05, 3.63) is 168 Å². The van der Waals surface area contributed by atoms with Crippen LogP contribution < -0.4 is 0 Å². The average molecular weight is 622 g/mol. The predicted octanol–water partition coefficient (Wildman–Crippen LogP) is 12.9. The van der Waals surface area contributed by atoms with E-state index >= 15 is 0 Å². The molecule has 0 aliphatic carbocycles. The smallest absolute Gasteiger partial charge is 0.143 e. The van der Waals surface area contributed by atoms with E-state index in [4.69, 9.17) is 9.41 Å². The second-order valence-electron chi connectivity index (χ2n) is 13.0. The van der Waals surface area contributed by atoms with Crippen molar-refractivity contribution in [1.29, 1.82) is 0 Å². The van der Waals surface area contributed by atoms with Crippen LogP contribution in [0.4, 0.5) is 0 Å². The molecule has 0 radical (unpaired) electrons. The first-order valence-electron chi connectivity index (χ1n) is 17.1. The Bertz CT molecular complexity index is 2410. The van der Waals surface area contributed by atoms with Crippen LogP contribution in [0.25, 0.3) is 54.6 Å². The van der Waals surface area contributed by atoms with Gasteiger partial charge in [0.2, 0.25) is 0 Å². The van der Waals surface area contributed by atoms with Crippen LogP contribution in [-0.4, -0.2) is 5.71 Å². The fourth-order valence-corrected chi connectivity index (χ4v) is 7.46. The summed E-state index contributed by atoms with van der Waals surface area (Å²) < 4.78 is 6.58. The van der Waals surface area contributed by atoms with Crippen LogP contribution in [0.2, 0.25) is 0 Å². The zero-order valence-electron chi connectivity index (χ0n) is 27.7. The lowest BCUT2D eigenvalue weighted by Gasteiger charge is -2.25. The highest BCUT2D eigenvalue weighted by molar-refractivity contribution is 6.16. The van der Waals surface area contributed by atoms with Crippen molar-refractivity contribution in [3.63, 3.8) is 0 Å². The van der Waals surface area contributed by atoms with E-state index in [2.05, 4.69) is 172 Å². The summed E-state index contributed by atoms with van der Waals surface area (Å²) in [7, 11) is 0. The van der Waals surface area contributed by atoms with Crippen LogP contribution >= 0.6 is 0 Å². The van der Waals surface area contributed by atoms with Crippen LogP contribution in [0.5, 0.6) is 0 Å². The van der Waals surface area contributed by atoms with Crippen molar-refractivity contribution in [2.75, 3.05) is 0 Å². The Morgan fingerprint density at radius 3 is 2.04 bits per heavy atom. The Morgan fingerprint density at radius 1 is 0.604 bits per heavy atom. The maximum absolute atomic E-state index is 6.58. The van der Waals surface area contributed by atoms with E-state index in [1.54, 1.807) is 0 Å². The maximum atomic E-state index is 6.58. The summed E-state index contributed by atoms with van der Waals surface area (Å²) >= 11 is 0. The maximum Gasteiger partial charge on any atom is 0.143 e. The fraction of sp³-hybridized carbons (Fsp3) is 0.152. The molecule has 8 rings (SSSR count). The molecule has 0 aliphatic rings. The summed E-state index contributed by atoms with van der Waals surface area (Å²) in [6, 6.07) is 54.5. The number of hydrogen-bond donors (Lipinski definition) is 0. The summed E-state index contributed by atoms with van der Waals surface area (Å²) in [6.07, 6.45) is 0.928. The normalized spacial score (nSPS) is 14.1.